The van der Waals surface area contributed by atoms with Gasteiger partial charge in [0.05, 0.1) is 0 Å². The van der Waals surface area contributed by atoms with Gasteiger partial charge in [0.15, 0.2) is 0 Å². The molecular weight excluding hydrogens is 404 g/mol. The van der Waals surface area contributed by atoms with Gasteiger partial charge in [0, 0.05) is 13.2 Å². The minimum atomic E-state index is -1.64. The van der Waals surface area contributed by atoms with E-state index in [1.807, 2.05) is 7.05 Å². The van der Waals surface area contributed by atoms with E-state index in [0.717, 1.165) is 30.6 Å². The summed E-state index contributed by atoms with van der Waals surface area (Å²) in [6, 6.07) is 0. The fraction of sp³-hybridized carbons (Fsp3) is 0.952. The molecule has 1 saturated carbocycles. The minimum absolute atomic E-state index is 0. The first-order valence-corrected chi connectivity index (χ1v) is 16.6. The SMILES string of the molecule is C1CCOC1.C[N-][Si](C)(C)C1[C-](C)C([Si](C)(C)[N-]C(C)(C)C)C(C)C1C.[Cr+3]. The molecule has 1 saturated heterocycles. The molecule has 2 rings (SSSR count). The summed E-state index contributed by atoms with van der Waals surface area (Å²) in [4.78, 5) is 10.1. The van der Waals surface area contributed by atoms with E-state index in [9.17, 15) is 0 Å². The molecule has 159 valence electrons. The predicted octanol–water partition coefficient (Wildman–Crippen LogP) is 6.99. The van der Waals surface area contributed by atoms with Crippen LogP contribution in [-0.4, -0.2) is 42.3 Å². The quantitative estimate of drug-likeness (QED) is 0.337. The molecular formula is C21H45CrN2OSi2. The first kappa shape index (κ1) is 27.8. The van der Waals surface area contributed by atoms with E-state index in [2.05, 4.69) is 67.7 Å². The molecule has 4 atom stereocenters. The van der Waals surface area contributed by atoms with Gasteiger partial charge in [-0.1, -0.05) is 89.1 Å². The summed E-state index contributed by atoms with van der Waals surface area (Å²) in [6.07, 6.45) is 2.56. The second-order valence-electron chi connectivity index (χ2n) is 10.6. The van der Waals surface area contributed by atoms with Crippen LogP contribution in [0.3, 0.4) is 0 Å². The molecule has 1 aliphatic heterocycles. The van der Waals surface area contributed by atoms with Crippen LogP contribution in [0.1, 0.15) is 54.4 Å². The molecule has 4 unspecified atom stereocenters. The Morgan fingerprint density at radius 1 is 0.889 bits per heavy atom. The summed E-state index contributed by atoms with van der Waals surface area (Å²) < 4.78 is 4.94. The van der Waals surface area contributed by atoms with Crippen molar-refractivity contribution in [1.82, 2.24) is 0 Å². The average Bonchev–Trinajstić information content (AvgIpc) is 3.09. The van der Waals surface area contributed by atoms with E-state index >= 15 is 0 Å². The fourth-order valence-electron chi connectivity index (χ4n) is 5.61. The van der Waals surface area contributed by atoms with Gasteiger partial charge in [-0.2, -0.15) is 25.1 Å². The topological polar surface area (TPSA) is 37.4 Å². The molecule has 27 heavy (non-hydrogen) atoms. The molecule has 0 aromatic rings. The Bertz CT molecular complexity index is 429. The van der Waals surface area contributed by atoms with E-state index in [-0.39, 0.29) is 22.9 Å². The van der Waals surface area contributed by atoms with E-state index < -0.39 is 16.5 Å². The van der Waals surface area contributed by atoms with Crippen LogP contribution in [0.2, 0.25) is 37.3 Å². The largest absolute Gasteiger partial charge is 3.00 e. The van der Waals surface area contributed by atoms with Crippen molar-refractivity contribution in [2.75, 3.05) is 20.3 Å². The molecule has 2 fully saturated rings. The van der Waals surface area contributed by atoms with Gasteiger partial charge in [-0.25, -0.2) is 0 Å². The van der Waals surface area contributed by atoms with Crippen LogP contribution in [-0.2, 0) is 22.1 Å². The van der Waals surface area contributed by atoms with Crippen molar-refractivity contribution >= 4 is 16.5 Å². The molecule has 2 aliphatic rings. The molecule has 0 aromatic carbocycles. The van der Waals surface area contributed by atoms with Gasteiger partial charge in [-0.3, -0.25) is 0 Å². The third-order valence-corrected chi connectivity index (χ3v) is 13.8. The van der Waals surface area contributed by atoms with Crippen molar-refractivity contribution in [2.24, 2.45) is 11.8 Å². The summed E-state index contributed by atoms with van der Waals surface area (Å²) in [5, 5.41) is 0. The summed E-state index contributed by atoms with van der Waals surface area (Å²) in [7, 11) is -1.13. The van der Waals surface area contributed by atoms with Crippen molar-refractivity contribution in [3.8, 4) is 0 Å². The van der Waals surface area contributed by atoms with Crippen LogP contribution in [0.4, 0.5) is 0 Å². The zero-order valence-corrected chi connectivity index (χ0v) is 23.1. The summed E-state index contributed by atoms with van der Waals surface area (Å²) in [5.74, 6) is 3.22. The van der Waals surface area contributed by atoms with Crippen LogP contribution in [0.5, 0.6) is 0 Å². The monoisotopic (exact) mass is 449 g/mol. The maximum Gasteiger partial charge on any atom is 3.00 e. The fourth-order valence-corrected chi connectivity index (χ4v) is 13.7. The summed E-state index contributed by atoms with van der Waals surface area (Å²) in [6.45, 7) is 25.9. The molecule has 0 N–H and O–H groups in total. The molecule has 0 amide bonds. The van der Waals surface area contributed by atoms with Gasteiger partial charge in [-0.05, 0) is 12.8 Å². The maximum atomic E-state index is 5.30. The second-order valence-corrected chi connectivity index (χ2v) is 19.1. The Morgan fingerprint density at radius 3 is 1.59 bits per heavy atom. The van der Waals surface area contributed by atoms with Crippen molar-refractivity contribution in [1.29, 1.82) is 0 Å². The first-order chi connectivity index (χ1) is 11.7. The Hall–Kier alpha value is 0.846. The normalized spacial score (nSPS) is 29.9. The third-order valence-electron chi connectivity index (χ3n) is 6.41. The smallest absolute Gasteiger partial charge is 0.669 e. The van der Waals surface area contributed by atoms with Gasteiger partial charge >= 0.3 is 17.4 Å². The van der Waals surface area contributed by atoms with Gasteiger partial charge < -0.3 is 20.6 Å². The van der Waals surface area contributed by atoms with E-state index in [1.54, 1.807) is 5.92 Å². The number of hydrogen-bond donors (Lipinski definition) is 0. The van der Waals surface area contributed by atoms with Gasteiger partial charge in [0.1, 0.15) is 0 Å². The Morgan fingerprint density at radius 2 is 1.30 bits per heavy atom. The Balaban J connectivity index is 0.000000969. The van der Waals surface area contributed by atoms with Gasteiger partial charge in [0.2, 0.25) is 0 Å². The minimum Gasteiger partial charge on any atom is -0.669 e. The average molecular weight is 450 g/mol. The van der Waals surface area contributed by atoms with Gasteiger partial charge in [-0.15, -0.1) is 5.54 Å². The van der Waals surface area contributed by atoms with Crippen molar-refractivity contribution in [3.05, 3.63) is 15.9 Å². The summed E-state index contributed by atoms with van der Waals surface area (Å²) in [5.41, 5.74) is 1.52. The number of nitrogens with zero attached hydrogens (tertiary/aromatic N) is 2. The van der Waals surface area contributed by atoms with Crippen LogP contribution in [0.15, 0.2) is 0 Å². The van der Waals surface area contributed by atoms with Crippen LogP contribution in [0, 0.1) is 17.8 Å². The molecule has 1 radical (unpaired) electrons. The van der Waals surface area contributed by atoms with Crippen molar-refractivity contribution < 1.29 is 22.1 Å². The van der Waals surface area contributed by atoms with Crippen molar-refractivity contribution in [3.63, 3.8) is 0 Å². The Kier molecular flexibility index (Phi) is 11.1. The van der Waals surface area contributed by atoms with Gasteiger partial charge in [0.25, 0.3) is 0 Å². The van der Waals surface area contributed by atoms with E-state index in [1.165, 1.54) is 12.8 Å². The van der Waals surface area contributed by atoms with Crippen molar-refractivity contribution in [2.45, 2.75) is 97.2 Å². The van der Waals surface area contributed by atoms with E-state index in [4.69, 9.17) is 14.7 Å². The Labute approximate surface area is 183 Å². The van der Waals surface area contributed by atoms with Crippen LogP contribution in [0.25, 0.3) is 9.96 Å². The molecule has 1 aliphatic carbocycles. The standard InChI is InChI=1S/C17H37N2Si2.C4H8O.Cr/c1-12-13(2)16(21(10,11)19-17(4,5)6)14(3)15(12)20(8,9)18-7;1-2-4-5-3-1;/h12-13,15-16H,1-11H3;1-4H2;/q-3;;+3. The van der Waals surface area contributed by atoms with Crippen LogP contribution < -0.4 is 0 Å². The van der Waals surface area contributed by atoms with Crippen LogP contribution >= 0.6 is 0 Å². The molecule has 0 bridgehead atoms. The summed E-state index contributed by atoms with van der Waals surface area (Å²) >= 11 is 0. The second kappa shape index (κ2) is 10.7. The first-order valence-electron chi connectivity index (χ1n) is 10.5. The number of ether oxygens (including phenoxy) is 1. The molecule has 1 heterocycles. The molecule has 0 spiro atoms. The third kappa shape index (κ3) is 7.55. The molecule has 6 heteroatoms. The molecule has 3 nitrogen and oxygen atoms in total. The predicted molar refractivity (Wildman–Crippen MR) is 122 cm³/mol. The zero-order valence-electron chi connectivity index (χ0n) is 19.8. The maximum absolute atomic E-state index is 5.30. The zero-order chi connectivity index (χ0) is 20.3. The number of rotatable bonds is 4. The molecule has 0 aromatic heterocycles. The van der Waals surface area contributed by atoms with E-state index in [0.29, 0.717) is 5.54 Å². The number of hydrogen-bond acceptors (Lipinski definition) is 1.